The summed E-state index contributed by atoms with van der Waals surface area (Å²) in [4.78, 5) is 21.4. The Morgan fingerprint density at radius 2 is 1.30 bits per heavy atom. The first kappa shape index (κ1) is 12.6. The number of hydrazine groups is 2. The number of nitrogens with zero attached hydrogens (tertiary/aromatic N) is 12. The number of hydrogen-bond donors (Lipinski definition) is 2. The monoisotopic (exact) mass is 286 g/mol. The van der Waals surface area contributed by atoms with E-state index in [1.165, 1.54) is 0 Å². The number of azo groups is 1. The number of rotatable bonds is 6. The molecule has 20 heavy (non-hydrogen) atoms. The van der Waals surface area contributed by atoms with Crippen LogP contribution in [-0.2, 0) is 0 Å². The predicted molar refractivity (Wildman–Crippen MR) is 52.5 cm³/mol. The van der Waals surface area contributed by atoms with Gasteiger partial charge in [-0.3, -0.25) is 0 Å². The standard InChI is InChI=1S/C2H2N14O4/c17-15(18)11-13-1(5-7-9-13)3-4-2-6-8-10-14(2)12-16(19)20/h11-12H/b4-3+. The van der Waals surface area contributed by atoms with E-state index in [1.54, 1.807) is 11.1 Å². The third kappa shape index (κ3) is 2.88. The zero-order chi connectivity index (χ0) is 14.5. The molecule has 0 saturated carbocycles. The van der Waals surface area contributed by atoms with E-state index in [-0.39, 0.29) is 0 Å². The summed E-state index contributed by atoms with van der Waals surface area (Å²) >= 11 is 0. The van der Waals surface area contributed by atoms with Crippen molar-refractivity contribution in [2.24, 2.45) is 10.2 Å². The zero-order valence-electron chi connectivity index (χ0n) is 9.00. The first-order valence-electron chi connectivity index (χ1n) is 4.37. The molecular formula is C2H2N14O4. The molecule has 0 fully saturated rings. The van der Waals surface area contributed by atoms with E-state index in [2.05, 4.69) is 41.3 Å². The van der Waals surface area contributed by atoms with Crippen LogP contribution >= 0.6 is 0 Å². The van der Waals surface area contributed by atoms with Gasteiger partial charge in [0.05, 0.1) is 20.5 Å². The van der Waals surface area contributed by atoms with Crippen LogP contribution in [0, 0.1) is 20.2 Å². The number of nitro groups is 2. The molecular weight excluding hydrogens is 284 g/mol. The van der Waals surface area contributed by atoms with Crippen LogP contribution in [0.15, 0.2) is 10.2 Å². The lowest BCUT2D eigenvalue weighted by molar-refractivity contribution is -0.463. The van der Waals surface area contributed by atoms with Crippen molar-refractivity contribution in [3.05, 3.63) is 20.2 Å². The Morgan fingerprint density at radius 1 is 0.900 bits per heavy atom. The highest BCUT2D eigenvalue weighted by atomic mass is 16.7. The van der Waals surface area contributed by atoms with Crippen molar-refractivity contribution < 1.29 is 10.1 Å². The smallest absolute Gasteiger partial charge is 0.339 e. The predicted octanol–water partition coefficient (Wildman–Crippen LogP) is -2.45. The van der Waals surface area contributed by atoms with E-state index in [9.17, 15) is 20.2 Å². The van der Waals surface area contributed by atoms with Crippen LogP contribution in [0.5, 0.6) is 0 Å². The summed E-state index contributed by atoms with van der Waals surface area (Å²) in [5.74, 6) is -0.810. The highest BCUT2D eigenvalue weighted by molar-refractivity contribution is 5.15. The topological polar surface area (TPSA) is 222 Å². The molecule has 2 aromatic rings. The molecule has 0 aliphatic rings. The van der Waals surface area contributed by atoms with Crippen molar-refractivity contribution in [2.75, 3.05) is 11.1 Å². The molecule has 0 aliphatic carbocycles. The Bertz CT molecular complexity index is 595. The summed E-state index contributed by atoms with van der Waals surface area (Å²) in [5.41, 5.74) is 3.19. The molecule has 0 amide bonds. The van der Waals surface area contributed by atoms with Gasteiger partial charge in [-0.15, -0.1) is 0 Å². The van der Waals surface area contributed by atoms with Gasteiger partial charge in [0.1, 0.15) is 0 Å². The van der Waals surface area contributed by atoms with Crippen molar-refractivity contribution in [1.82, 2.24) is 40.6 Å². The van der Waals surface area contributed by atoms with Gasteiger partial charge in [0, 0.05) is 20.0 Å². The van der Waals surface area contributed by atoms with E-state index in [4.69, 9.17) is 0 Å². The lowest BCUT2D eigenvalue weighted by Gasteiger charge is -1.94. The largest absolute Gasteiger partial charge is 0.408 e. The maximum absolute atomic E-state index is 10.2. The molecule has 0 radical (unpaired) electrons. The fourth-order valence-corrected chi connectivity index (χ4v) is 0.863. The third-order valence-corrected chi connectivity index (χ3v) is 1.49. The van der Waals surface area contributed by atoms with Gasteiger partial charge < -0.3 is 20.2 Å². The van der Waals surface area contributed by atoms with Crippen molar-refractivity contribution in [1.29, 1.82) is 0 Å². The lowest BCUT2D eigenvalue weighted by Crippen LogP contribution is -2.22. The summed E-state index contributed by atoms with van der Waals surface area (Å²) in [6, 6.07) is 0. The molecule has 104 valence electrons. The van der Waals surface area contributed by atoms with Gasteiger partial charge in [-0.25, -0.2) is 0 Å². The van der Waals surface area contributed by atoms with Crippen LogP contribution in [0.4, 0.5) is 11.9 Å². The first-order chi connectivity index (χ1) is 9.56. The van der Waals surface area contributed by atoms with Crippen LogP contribution < -0.4 is 11.1 Å². The number of nitrogens with one attached hydrogen (secondary N) is 2. The maximum atomic E-state index is 10.2. The molecule has 18 heteroatoms. The molecule has 18 nitrogen and oxygen atoms in total. The second kappa shape index (κ2) is 5.19. The van der Waals surface area contributed by atoms with Crippen LogP contribution in [0.25, 0.3) is 0 Å². The lowest BCUT2D eigenvalue weighted by atomic mass is 11.0. The molecule has 2 aromatic heterocycles. The van der Waals surface area contributed by atoms with Crippen molar-refractivity contribution >= 4 is 11.9 Å². The molecule has 2 N–H and O–H groups in total. The molecule has 0 saturated heterocycles. The average Bonchev–Trinajstić information content (AvgIpc) is 2.95. The van der Waals surface area contributed by atoms with Crippen molar-refractivity contribution in [3.63, 3.8) is 0 Å². The van der Waals surface area contributed by atoms with Gasteiger partial charge in [-0.2, -0.15) is 0 Å². The second-order valence-corrected chi connectivity index (χ2v) is 2.70. The van der Waals surface area contributed by atoms with Crippen molar-refractivity contribution in [3.8, 4) is 0 Å². The molecule has 0 spiro atoms. The first-order valence-corrected chi connectivity index (χ1v) is 4.37. The Kier molecular flexibility index (Phi) is 3.27. The van der Waals surface area contributed by atoms with Crippen LogP contribution in [0.2, 0.25) is 0 Å². The second-order valence-electron chi connectivity index (χ2n) is 2.70. The molecule has 2 heterocycles. The number of hydrogen-bond acceptors (Lipinski definition) is 12. The Labute approximate surface area is 105 Å². The van der Waals surface area contributed by atoms with E-state index in [0.717, 1.165) is 0 Å². The molecule has 0 atom stereocenters. The van der Waals surface area contributed by atoms with Gasteiger partial charge in [-0.1, -0.05) is 20.4 Å². The SMILES string of the molecule is O=[N+]([O-])Nn1nnnc1/N=N/c1nnnn1N[N+](=O)[O-]. The summed E-state index contributed by atoms with van der Waals surface area (Å²) in [5, 5.41) is 44.5. The van der Waals surface area contributed by atoms with Crippen LogP contribution in [0.1, 0.15) is 0 Å². The van der Waals surface area contributed by atoms with Crippen molar-refractivity contribution in [2.45, 2.75) is 0 Å². The zero-order valence-corrected chi connectivity index (χ0v) is 9.00. The molecule has 0 bridgehead atoms. The third-order valence-electron chi connectivity index (χ3n) is 1.49. The van der Waals surface area contributed by atoms with E-state index in [0.29, 0.717) is 9.58 Å². The van der Waals surface area contributed by atoms with Gasteiger partial charge in [0.2, 0.25) is 0 Å². The van der Waals surface area contributed by atoms with Gasteiger partial charge in [-0.05, 0) is 11.1 Å². The summed E-state index contributed by atoms with van der Waals surface area (Å²) in [7, 11) is 0. The minimum Gasteiger partial charge on any atom is -0.339 e. The summed E-state index contributed by atoms with van der Waals surface area (Å²) in [6.45, 7) is 0. The van der Waals surface area contributed by atoms with Gasteiger partial charge >= 0.3 is 11.9 Å². The quantitative estimate of drug-likeness (QED) is 0.320. The summed E-state index contributed by atoms with van der Waals surface area (Å²) < 4.78 is 0. The number of tetrazole rings is 2. The normalized spacial score (nSPS) is 10.6. The molecule has 2 rings (SSSR count). The maximum Gasteiger partial charge on any atom is 0.408 e. The fraction of sp³-hybridized carbons (Fsp3) is 0. The van der Waals surface area contributed by atoms with E-state index < -0.39 is 22.0 Å². The highest BCUT2D eigenvalue weighted by Crippen LogP contribution is 2.09. The van der Waals surface area contributed by atoms with Crippen LogP contribution in [-0.4, -0.2) is 50.7 Å². The van der Waals surface area contributed by atoms with Gasteiger partial charge in [0.15, 0.2) is 0 Å². The molecule has 0 aromatic carbocycles. The highest BCUT2D eigenvalue weighted by Gasteiger charge is 2.16. The average molecular weight is 286 g/mol. The van der Waals surface area contributed by atoms with Crippen LogP contribution in [0.3, 0.4) is 0 Å². The fourth-order valence-electron chi connectivity index (χ4n) is 0.863. The van der Waals surface area contributed by atoms with Gasteiger partial charge in [0.25, 0.3) is 0 Å². The molecule has 0 aliphatic heterocycles. The van der Waals surface area contributed by atoms with E-state index in [1.807, 2.05) is 0 Å². The Morgan fingerprint density at radius 3 is 1.65 bits per heavy atom. The molecule has 0 unspecified atom stereocenters. The summed E-state index contributed by atoms with van der Waals surface area (Å²) in [6.07, 6.45) is 0. The minimum atomic E-state index is -0.937. The number of aromatic nitrogens is 8. The Hall–Kier alpha value is -3.86. The van der Waals surface area contributed by atoms with E-state index >= 15 is 0 Å². The Balaban J connectivity index is 2.17. The minimum absolute atomic E-state index is 0.405.